The summed E-state index contributed by atoms with van der Waals surface area (Å²) in [6.45, 7) is 10.2. The van der Waals surface area contributed by atoms with E-state index in [9.17, 15) is 58.5 Å². The Kier molecular flexibility index (Phi) is 19.8. The number of likely N-dealkylation sites (N-methyl/N-ethyl adjacent to an activating group) is 1. The summed E-state index contributed by atoms with van der Waals surface area (Å²) in [5.41, 5.74) is 0.670. The number of amides is 8. The lowest BCUT2D eigenvalue weighted by Crippen LogP contribution is -2.64. The number of aromatic hydroxyl groups is 1. The molecule has 4 rings (SSSR count). The van der Waals surface area contributed by atoms with Gasteiger partial charge in [0.05, 0.1) is 6.10 Å². The predicted octanol–water partition coefficient (Wildman–Crippen LogP) is -0.440. The van der Waals surface area contributed by atoms with Crippen molar-refractivity contribution in [3.63, 3.8) is 0 Å². The number of ether oxygens (including phenoxy) is 1. The second-order valence-electron chi connectivity index (χ2n) is 17.7. The Hall–Kier alpha value is -6.87. The number of rotatable bonds is 13. The molecule has 0 aliphatic carbocycles. The van der Waals surface area contributed by atoms with Crippen molar-refractivity contribution in [2.45, 2.75) is 148 Å². The van der Waals surface area contributed by atoms with Gasteiger partial charge in [0.15, 0.2) is 0 Å². The molecule has 2 saturated heterocycles. The number of carbonyl (C=O) groups excluding carboxylic acids is 9. The molecule has 2 aromatic carbocycles. The van der Waals surface area contributed by atoms with Crippen LogP contribution >= 0.6 is 0 Å². The summed E-state index contributed by atoms with van der Waals surface area (Å²) in [6, 6.07) is 4.14. The molecule has 8 amide bonds. The van der Waals surface area contributed by atoms with Crippen molar-refractivity contribution in [1.29, 1.82) is 0 Å². The Morgan fingerprint density at radius 1 is 0.841 bits per heavy atom. The maximum Gasteiger partial charge on any atom is 0.329 e. The summed E-state index contributed by atoms with van der Waals surface area (Å²) in [5, 5.41) is 47.1. The molecule has 69 heavy (non-hydrogen) atoms. The van der Waals surface area contributed by atoms with Crippen molar-refractivity contribution in [1.82, 2.24) is 41.7 Å². The van der Waals surface area contributed by atoms with Crippen LogP contribution < -0.4 is 31.9 Å². The number of cyclic esters (lactones) is 1. The van der Waals surface area contributed by atoms with E-state index in [-0.39, 0.29) is 37.9 Å². The number of benzene rings is 2. The first-order valence-corrected chi connectivity index (χ1v) is 23.0. The van der Waals surface area contributed by atoms with Gasteiger partial charge >= 0.3 is 5.97 Å². The molecule has 2 aliphatic rings. The molecule has 2 heterocycles. The van der Waals surface area contributed by atoms with Crippen LogP contribution in [0.1, 0.15) is 85.3 Å². The SMILES string of the molecule is CC=C1NC(=O)C(NC(=O)C(NC(=O)C(C)NC(=O)CCC)C(C)O)C(C)OC(=O)C(C(C)C)NC(=O)C(Cc2ccc(O)cc2)N(C)C(=O)C(Cc2ccccc2)N2C(=O)C(CCC2O)NC1=O. The molecule has 376 valence electrons. The van der Waals surface area contributed by atoms with Crippen molar-refractivity contribution in [2.75, 3.05) is 7.05 Å². The van der Waals surface area contributed by atoms with E-state index in [1.54, 1.807) is 51.1 Å². The molecule has 2 bridgehead atoms. The summed E-state index contributed by atoms with van der Waals surface area (Å²) in [7, 11) is 1.34. The lowest BCUT2D eigenvalue weighted by atomic mass is 9.95. The zero-order valence-electron chi connectivity index (χ0n) is 40.2. The molecule has 2 aliphatic heterocycles. The van der Waals surface area contributed by atoms with Crippen molar-refractivity contribution < 1.29 is 63.2 Å². The number of aliphatic hydroxyl groups excluding tert-OH is 2. The molecule has 0 aromatic heterocycles. The van der Waals surface area contributed by atoms with Gasteiger partial charge < -0.3 is 61.8 Å². The van der Waals surface area contributed by atoms with Gasteiger partial charge in [-0.3, -0.25) is 38.4 Å². The summed E-state index contributed by atoms with van der Waals surface area (Å²) < 4.78 is 5.79. The summed E-state index contributed by atoms with van der Waals surface area (Å²) >= 11 is 0. The van der Waals surface area contributed by atoms with Gasteiger partial charge in [-0.15, -0.1) is 0 Å². The first kappa shape index (κ1) is 54.7. The van der Waals surface area contributed by atoms with E-state index in [1.165, 1.54) is 65.1 Å². The number of allylic oxidation sites excluding steroid dienone is 1. The Morgan fingerprint density at radius 2 is 1.46 bits per heavy atom. The zero-order chi connectivity index (χ0) is 51.3. The fourth-order valence-electron chi connectivity index (χ4n) is 7.90. The maximum atomic E-state index is 14.9. The lowest BCUT2D eigenvalue weighted by Gasteiger charge is -2.43. The second-order valence-corrected chi connectivity index (χ2v) is 17.7. The van der Waals surface area contributed by atoms with Crippen LogP contribution in [0.25, 0.3) is 0 Å². The highest BCUT2D eigenvalue weighted by molar-refractivity contribution is 6.03. The van der Waals surface area contributed by atoms with E-state index < -0.39 is 126 Å². The second kappa shape index (κ2) is 24.9. The van der Waals surface area contributed by atoms with Gasteiger partial charge in [0.25, 0.3) is 11.8 Å². The van der Waals surface area contributed by atoms with Gasteiger partial charge in [-0.25, -0.2) is 4.79 Å². The number of carbonyl (C=O) groups is 9. The van der Waals surface area contributed by atoms with Crippen LogP contribution in [-0.4, -0.2) is 146 Å². The summed E-state index contributed by atoms with van der Waals surface area (Å²) in [6.07, 6.45) is -3.32. The summed E-state index contributed by atoms with van der Waals surface area (Å²) in [4.78, 5) is 128. The van der Waals surface area contributed by atoms with Crippen LogP contribution in [0.2, 0.25) is 0 Å². The number of phenolic OH excluding ortho intramolecular Hbond substituents is 1. The molecule has 2 aromatic rings. The molecule has 9 N–H and O–H groups in total. The Labute approximate surface area is 401 Å². The van der Waals surface area contributed by atoms with Crippen LogP contribution in [0.3, 0.4) is 0 Å². The van der Waals surface area contributed by atoms with Crippen molar-refractivity contribution in [3.05, 3.63) is 77.5 Å². The number of aliphatic hydroxyl groups is 2. The number of phenols is 1. The van der Waals surface area contributed by atoms with E-state index in [2.05, 4.69) is 31.9 Å². The zero-order valence-corrected chi connectivity index (χ0v) is 40.2. The third-order valence-corrected chi connectivity index (χ3v) is 11.9. The highest BCUT2D eigenvalue weighted by Gasteiger charge is 2.45. The largest absolute Gasteiger partial charge is 0.508 e. The topological polar surface area (TPSA) is 302 Å². The fraction of sp³-hybridized carbons (Fsp3) is 0.521. The molecule has 21 nitrogen and oxygen atoms in total. The van der Waals surface area contributed by atoms with Crippen LogP contribution in [0, 0.1) is 5.92 Å². The van der Waals surface area contributed by atoms with Crippen molar-refractivity contribution >= 4 is 53.2 Å². The number of piperidine rings is 1. The van der Waals surface area contributed by atoms with Gasteiger partial charge in [0.1, 0.15) is 66.1 Å². The molecule has 10 unspecified atom stereocenters. The summed E-state index contributed by atoms with van der Waals surface area (Å²) in [5.74, 6) is -8.80. The maximum absolute atomic E-state index is 14.9. The van der Waals surface area contributed by atoms with Crippen LogP contribution in [-0.2, 0) is 60.7 Å². The third kappa shape index (κ3) is 14.6. The normalized spacial score (nSPS) is 25.1. The van der Waals surface area contributed by atoms with Gasteiger partial charge in [0.2, 0.25) is 35.4 Å². The lowest BCUT2D eigenvalue weighted by molar-refractivity contribution is -0.165. The van der Waals surface area contributed by atoms with Crippen molar-refractivity contribution in [3.8, 4) is 5.75 Å². The average Bonchev–Trinajstić information content (AvgIpc) is 3.30. The first-order chi connectivity index (χ1) is 32.6. The minimum Gasteiger partial charge on any atom is -0.508 e. The molecular weight excluding hydrogens is 897 g/mol. The Balaban J connectivity index is 1.82. The highest BCUT2D eigenvalue weighted by atomic mass is 16.5. The Bertz CT molecular complexity index is 2220. The number of hydrogen-bond acceptors (Lipinski definition) is 13. The van der Waals surface area contributed by atoms with Gasteiger partial charge in [-0.05, 0) is 76.1 Å². The van der Waals surface area contributed by atoms with Gasteiger partial charge in [0, 0.05) is 26.3 Å². The standard InChI is InChI=1S/C48H66N8O13/c1-9-14-36(59)49-26(5)41(61)53-39(27(6)57)44(64)54-40-28(7)69-48(68)38(25(3)4)52-43(63)34(23-30-17-19-31(58)20-18-30)55(8)47(67)35(24-29-15-12-11-13-16-29)56-37(60)22-21-33(46(56)66)51-42(62)32(10-2)50-45(40)65/h10-13,15-20,25-28,33-35,37-40,57-58,60H,9,14,21-24H2,1-8H3,(H,49,59)(H,50,65)(H,51,62)(H,52,63)(H,53,61)(H,54,64). The first-order valence-electron chi connectivity index (χ1n) is 23.0. The van der Waals surface area contributed by atoms with Crippen molar-refractivity contribution in [2.24, 2.45) is 5.92 Å². The minimum atomic E-state index is -1.86. The molecule has 0 radical (unpaired) electrons. The third-order valence-electron chi connectivity index (χ3n) is 11.9. The molecule has 10 atom stereocenters. The number of esters is 1. The van der Waals surface area contributed by atoms with Crippen LogP contribution in [0.5, 0.6) is 5.75 Å². The number of nitrogens with zero attached hydrogens (tertiary/aromatic N) is 2. The molecule has 0 spiro atoms. The van der Waals surface area contributed by atoms with Gasteiger partial charge in [-0.1, -0.05) is 69.3 Å². The molecule has 0 saturated carbocycles. The van der Waals surface area contributed by atoms with E-state index >= 15 is 0 Å². The fourth-order valence-corrected chi connectivity index (χ4v) is 7.90. The average molecular weight is 963 g/mol. The quantitative estimate of drug-likeness (QED) is 0.0910. The van der Waals surface area contributed by atoms with Gasteiger partial charge in [-0.2, -0.15) is 0 Å². The molecular formula is C48H66N8O13. The number of hydrogen-bond donors (Lipinski definition) is 9. The number of nitrogens with one attached hydrogen (secondary N) is 6. The van der Waals surface area contributed by atoms with Crippen LogP contribution in [0.15, 0.2) is 66.4 Å². The number of fused-ring (bicyclic) bond motifs is 2. The molecule has 2 fully saturated rings. The molecule has 21 heteroatoms. The van der Waals surface area contributed by atoms with Crippen LogP contribution in [0.4, 0.5) is 0 Å². The highest BCUT2D eigenvalue weighted by Crippen LogP contribution is 2.25. The van der Waals surface area contributed by atoms with E-state index in [0.717, 1.165) is 9.80 Å². The van der Waals surface area contributed by atoms with E-state index in [0.29, 0.717) is 17.5 Å². The smallest absolute Gasteiger partial charge is 0.329 e. The Morgan fingerprint density at radius 3 is 2.06 bits per heavy atom. The monoisotopic (exact) mass is 962 g/mol. The van der Waals surface area contributed by atoms with E-state index in [4.69, 9.17) is 4.74 Å². The van der Waals surface area contributed by atoms with E-state index in [1.807, 2.05) is 0 Å². The predicted molar refractivity (Wildman–Crippen MR) is 249 cm³/mol. The minimum absolute atomic E-state index is 0.0645.